The molecule has 6 nitrogen and oxygen atoms in total. The number of hydrogen-bond donors (Lipinski definition) is 1. The number of rotatable bonds is 3. The number of morpholine rings is 1. The second-order valence-corrected chi connectivity index (χ2v) is 7.34. The molecule has 1 saturated heterocycles. The smallest absolute Gasteiger partial charge is 0.225 e. The molecule has 1 aliphatic heterocycles. The van der Waals surface area contributed by atoms with E-state index in [0.29, 0.717) is 0 Å². The number of hydrogen-bond acceptors (Lipinski definition) is 5. The predicted molar refractivity (Wildman–Crippen MR) is 92.9 cm³/mol. The third-order valence-corrected chi connectivity index (χ3v) is 4.71. The lowest BCUT2D eigenvalue weighted by Crippen LogP contribution is -2.46. The van der Waals surface area contributed by atoms with Crippen molar-refractivity contribution in [2.75, 3.05) is 18.0 Å². The lowest BCUT2D eigenvalue weighted by molar-refractivity contribution is -0.124. The summed E-state index contributed by atoms with van der Waals surface area (Å²) >= 11 is 0. The van der Waals surface area contributed by atoms with E-state index in [-0.39, 0.29) is 30.1 Å². The Morgan fingerprint density at radius 1 is 1.33 bits per heavy atom. The summed E-state index contributed by atoms with van der Waals surface area (Å²) < 4.78 is 5.79. The molecular weight excluding hydrogens is 304 g/mol. The van der Waals surface area contributed by atoms with Crippen LogP contribution in [0, 0.1) is 5.92 Å². The van der Waals surface area contributed by atoms with Crippen molar-refractivity contribution in [3.63, 3.8) is 0 Å². The zero-order valence-corrected chi connectivity index (χ0v) is 15.1. The molecule has 2 aliphatic rings. The van der Waals surface area contributed by atoms with Gasteiger partial charge >= 0.3 is 0 Å². The molecule has 3 rings (SSSR count). The van der Waals surface area contributed by atoms with E-state index in [2.05, 4.69) is 29.0 Å². The molecule has 2 heterocycles. The molecule has 0 bridgehead atoms. The number of fused-ring (bicyclic) bond motifs is 1. The Morgan fingerprint density at radius 3 is 2.71 bits per heavy atom. The number of carbonyl (C=O) groups excluding carboxylic acids is 1. The fourth-order valence-corrected chi connectivity index (χ4v) is 3.52. The van der Waals surface area contributed by atoms with E-state index in [9.17, 15) is 4.79 Å². The first-order valence-electron chi connectivity index (χ1n) is 9.00. The number of anilines is 1. The zero-order valence-electron chi connectivity index (χ0n) is 15.1. The van der Waals surface area contributed by atoms with Crippen molar-refractivity contribution < 1.29 is 9.53 Å². The number of nitrogens with one attached hydrogen (secondary N) is 1. The van der Waals surface area contributed by atoms with Crippen LogP contribution in [-0.2, 0) is 16.0 Å². The highest BCUT2D eigenvalue weighted by Gasteiger charge is 2.28. The second kappa shape index (κ2) is 7.05. The van der Waals surface area contributed by atoms with Crippen molar-refractivity contribution in [3.05, 3.63) is 17.5 Å². The van der Waals surface area contributed by atoms with Gasteiger partial charge in [-0.2, -0.15) is 0 Å². The van der Waals surface area contributed by atoms with Gasteiger partial charge in [0, 0.05) is 30.8 Å². The maximum atomic E-state index is 12.0. The van der Waals surface area contributed by atoms with Gasteiger partial charge in [0.1, 0.15) is 0 Å². The largest absolute Gasteiger partial charge is 0.372 e. The second-order valence-electron chi connectivity index (χ2n) is 7.34. The van der Waals surface area contributed by atoms with Crippen LogP contribution in [0.4, 0.5) is 5.95 Å². The average Bonchev–Trinajstić information content (AvgIpc) is 2.53. The van der Waals surface area contributed by atoms with Crippen molar-refractivity contribution in [1.82, 2.24) is 15.3 Å². The third kappa shape index (κ3) is 3.69. The van der Waals surface area contributed by atoms with Gasteiger partial charge in [0.15, 0.2) is 0 Å². The van der Waals surface area contributed by atoms with Crippen molar-refractivity contribution in [3.8, 4) is 0 Å². The SMILES string of the molecule is CC(C)C(=O)N[C@H]1CCCc2nc(N3C[C@@H](C)O[C@H](C)C3)ncc21. The number of carbonyl (C=O) groups is 1. The molecular formula is C18H28N4O2. The summed E-state index contributed by atoms with van der Waals surface area (Å²) in [6.07, 6.45) is 5.24. The Labute approximate surface area is 144 Å². The van der Waals surface area contributed by atoms with E-state index in [0.717, 1.165) is 49.6 Å². The maximum Gasteiger partial charge on any atom is 0.225 e. The number of amides is 1. The summed E-state index contributed by atoms with van der Waals surface area (Å²) in [5, 5.41) is 3.14. The van der Waals surface area contributed by atoms with Crippen LogP contribution in [0.2, 0.25) is 0 Å². The average molecular weight is 332 g/mol. The Bertz CT molecular complexity index is 595. The first-order valence-corrected chi connectivity index (χ1v) is 9.00. The van der Waals surface area contributed by atoms with Crippen LogP contribution in [0.1, 0.15) is 57.8 Å². The molecule has 1 aromatic rings. The molecule has 1 N–H and O–H groups in total. The van der Waals surface area contributed by atoms with Crippen LogP contribution in [0.3, 0.4) is 0 Å². The zero-order chi connectivity index (χ0) is 17.3. The number of aromatic nitrogens is 2. The van der Waals surface area contributed by atoms with E-state index in [1.54, 1.807) is 0 Å². The quantitative estimate of drug-likeness (QED) is 0.919. The van der Waals surface area contributed by atoms with E-state index in [1.807, 2.05) is 20.0 Å². The molecule has 6 heteroatoms. The van der Waals surface area contributed by atoms with Crippen LogP contribution in [-0.4, -0.2) is 41.2 Å². The lowest BCUT2D eigenvalue weighted by Gasteiger charge is -2.36. The molecule has 0 radical (unpaired) electrons. The van der Waals surface area contributed by atoms with Crippen LogP contribution < -0.4 is 10.2 Å². The standard InChI is InChI=1S/C18H28N4O2/c1-11(2)17(23)20-15-6-5-7-16-14(15)8-19-18(21-16)22-9-12(3)24-13(4)10-22/h8,11-13,15H,5-7,9-10H2,1-4H3,(H,20,23)/t12-,13-,15+/m1/s1. The van der Waals surface area contributed by atoms with Crippen molar-refractivity contribution in [2.45, 2.75) is 65.2 Å². The van der Waals surface area contributed by atoms with Crippen LogP contribution >= 0.6 is 0 Å². The molecule has 0 spiro atoms. The van der Waals surface area contributed by atoms with Crippen LogP contribution in [0.15, 0.2) is 6.20 Å². The normalized spacial score (nSPS) is 27.0. The van der Waals surface area contributed by atoms with Gasteiger partial charge in [-0.1, -0.05) is 13.8 Å². The van der Waals surface area contributed by atoms with Crippen molar-refractivity contribution in [2.24, 2.45) is 5.92 Å². The Hall–Kier alpha value is -1.69. The summed E-state index contributed by atoms with van der Waals surface area (Å²) in [7, 11) is 0. The van der Waals surface area contributed by atoms with E-state index in [4.69, 9.17) is 9.72 Å². The topological polar surface area (TPSA) is 67.4 Å². The van der Waals surface area contributed by atoms with E-state index in [1.165, 1.54) is 0 Å². The Balaban J connectivity index is 1.79. The van der Waals surface area contributed by atoms with Gasteiger partial charge in [0.25, 0.3) is 0 Å². The van der Waals surface area contributed by atoms with Gasteiger partial charge in [-0.05, 0) is 33.1 Å². The number of aryl methyl sites for hydroxylation is 1. The highest BCUT2D eigenvalue weighted by atomic mass is 16.5. The van der Waals surface area contributed by atoms with Gasteiger partial charge in [0.2, 0.25) is 11.9 Å². The fourth-order valence-electron chi connectivity index (χ4n) is 3.52. The molecule has 1 aliphatic carbocycles. The van der Waals surface area contributed by atoms with E-state index < -0.39 is 0 Å². The molecule has 0 aromatic carbocycles. The minimum absolute atomic E-state index is 0.00751. The van der Waals surface area contributed by atoms with Gasteiger partial charge in [-0.25, -0.2) is 9.97 Å². The summed E-state index contributed by atoms with van der Waals surface area (Å²) in [5.74, 6) is 0.867. The molecule has 132 valence electrons. The molecule has 1 fully saturated rings. The van der Waals surface area contributed by atoms with E-state index >= 15 is 0 Å². The summed E-state index contributed by atoms with van der Waals surface area (Å²) in [5.41, 5.74) is 2.15. The Kier molecular flexibility index (Phi) is 5.04. The molecule has 3 atom stereocenters. The maximum absolute atomic E-state index is 12.0. The van der Waals surface area contributed by atoms with Gasteiger partial charge in [-0.3, -0.25) is 4.79 Å². The summed E-state index contributed by atoms with van der Waals surface area (Å²) in [4.78, 5) is 23.6. The minimum Gasteiger partial charge on any atom is -0.372 e. The highest BCUT2D eigenvalue weighted by Crippen LogP contribution is 2.30. The van der Waals surface area contributed by atoms with Gasteiger partial charge in [0.05, 0.1) is 23.9 Å². The molecule has 0 unspecified atom stereocenters. The van der Waals surface area contributed by atoms with Crippen LogP contribution in [0.5, 0.6) is 0 Å². The summed E-state index contributed by atoms with van der Waals surface area (Å²) in [6, 6.07) is 0.0419. The highest BCUT2D eigenvalue weighted by molar-refractivity contribution is 5.78. The fraction of sp³-hybridized carbons (Fsp3) is 0.722. The first kappa shape index (κ1) is 17.1. The number of ether oxygens (including phenoxy) is 1. The minimum atomic E-state index is -0.00751. The lowest BCUT2D eigenvalue weighted by atomic mass is 9.92. The molecule has 0 saturated carbocycles. The molecule has 24 heavy (non-hydrogen) atoms. The van der Waals surface area contributed by atoms with Crippen molar-refractivity contribution >= 4 is 11.9 Å². The van der Waals surface area contributed by atoms with Gasteiger partial charge < -0.3 is 15.0 Å². The monoisotopic (exact) mass is 332 g/mol. The molecule has 1 aromatic heterocycles. The van der Waals surface area contributed by atoms with Crippen LogP contribution in [0.25, 0.3) is 0 Å². The Morgan fingerprint density at radius 2 is 2.04 bits per heavy atom. The van der Waals surface area contributed by atoms with Gasteiger partial charge in [-0.15, -0.1) is 0 Å². The van der Waals surface area contributed by atoms with Crippen molar-refractivity contribution in [1.29, 1.82) is 0 Å². The number of nitrogens with zero attached hydrogens (tertiary/aromatic N) is 3. The third-order valence-electron chi connectivity index (χ3n) is 4.71. The predicted octanol–water partition coefficient (Wildman–Crippen LogP) is 2.24. The first-order chi connectivity index (χ1) is 11.4. The molecule has 1 amide bonds. The summed E-state index contributed by atoms with van der Waals surface area (Å²) in [6.45, 7) is 9.63.